The molecular formula is C29H25N3O3S3. The molecule has 0 aliphatic heterocycles. The number of aryl methyl sites for hydroxylation is 1. The molecule has 0 aliphatic rings. The number of hydrogen-bond acceptors (Lipinski definition) is 6. The van der Waals surface area contributed by atoms with Crippen LogP contribution in [0.25, 0.3) is 22.0 Å². The predicted octanol–water partition coefficient (Wildman–Crippen LogP) is 7.19. The molecule has 0 radical (unpaired) electrons. The molecule has 38 heavy (non-hydrogen) atoms. The molecule has 0 aliphatic carbocycles. The fraction of sp³-hybridized carbons (Fsp3) is 0.103. The molecule has 1 unspecified atom stereocenters. The summed E-state index contributed by atoms with van der Waals surface area (Å²) in [5.74, 6) is -0.154. The first-order valence-electron chi connectivity index (χ1n) is 11.9. The lowest BCUT2D eigenvalue weighted by molar-refractivity contribution is -0.115. The normalized spacial score (nSPS) is 12.3. The van der Waals surface area contributed by atoms with E-state index in [0.717, 1.165) is 27.1 Å². The summed E-state index contributed by atoms with van der Waals surface area (Å²) in [6, 6.07) is 28.0. The number of hydrogen-bond donors (Lipinski definition) is 2. The first-order chi connectivity index (χ1) is 18.3. The second-order valence-corrected chi connectivity index (χ2v) is 12.7. The number of carbonyl (C=O) groups is 1. The molecule has 1 amide bonds. The largest absolute Gasteiger partial charge is 0.301 e. The van der Waals surface area contributed by atoms with Crippen LogP contribution in [0.5, 0.6) is 0 Å². The van der Waals surface area contributed by atoms with E-state index >= 15 is 0 Å². The van der Waals surface area contributed by atoms with E-state index < -0.39 is 10.0 Å². The lowest BCUT2D eigenvalue weighted by Crippen LogP contribution is -2.22. The topological polar surface area (TPSA) is 88.2 Å². The summed E-state index contributed by atoms with van der Waals surface area (Å²) in [5, 5.41) is 7.33. The Hall–Kier alpha value is -3.66. The highest BCUT2D eigenvalue weighted by Crippen LogP contribution is 2.30. The number of anilines is 2. The number of thiazole rings is 1. The molecule has 2 N–H and O–H groups in total. The molecule has 0 saturated carbocycles. The second-order valence-electron chi connectivity index (χ2n) is 8.79. The van der Waals surface area contributed by atoms with Crippen molar-refractivity contribution >= 4 is 60.6 Å². The molecule has 5 rings (SSSR count). The minimum Gasteiger partial charge on any atom is -0.301 e. The zero-order valence-electron chi connectivity index (χ0n) is 20.7. The van der Waals surface area contributed by atoms with Gasteiger partial charge in [-0.15, -0.1) is 23.1 Å². The minimum absolute atomic E-state index is 0.154. The van der Waals surface area contributed by atoms with E-state index in [9.17, 15) is 13.2 Å². The second kappa shape index (κ2) is 11.0. The Labute approximate surface area is 230 Å². The molecule has 1 aromatic heterocycles. The van der Waals surface area contributed by atoms with Crippen LogP contribution in [-0.2, 0) is 14.8 Å². The molecule has 9 heteroatoms. The van der Waals surface area contributed by atoms with Crippen molar-refractivity contribution in [3.8, 4) is 11.3 Å². The maximum absolute atomic E-state index is 12.8. The fourth-order valence-corrected chi connectivity index (χ4v) is 6.46. The van der Waals surface area contributed by atoms with Gasteiger partial charge < -0.3 is 5.32 Å². The lowest BCUT2D eigenvalue weighted by Gasteiger charge is -2.12. The van der Waals surface area contributed by atoms with E-state index in [1.807, 2.05) is 37.4 Å². The molecule has 6 nitrogen and oxygen atoms in total. The average molecular weight is 560 g/mol. The monoisotopic (exact) mass is 559 g/mol. The highest BCUT2D eigenvalue weighted by Gasteiger charge is 2.18. The van der Waals surface area contributed by atoms with Gasteiger partial charge in [0.1, 0.15) is 0 Å². The van der Waals surface area contributed by atoms with E-state index in [-0.39, 0.29) is 16.1 Å². The summed E-state index contributed by atoms with van der Waals surface area (Å²) in [7, 11) is -3.67. The summed E-state index contributed by atoms with van der Waals surface area (Å²) >= 11 is 2.78. The van der Waals surface area contributed by atoms with Crippen molar-refractivity contribution in [2.45, 2.75) is 28.9 Å². The van der Waals surface area contributed by atoms with Gasteiger partial charge in [0.25, 0.3) is 10.0 Å². The molecule has 0 spiro atoms. The average Bonchev–Trinajstić information content (AvgIpc) is 3.38. The molecule has 192 valence electrons. The van der Waals surface area contributed by atoms with Gasteiger partial charge in [-0.2, -0.15) is 0 Å². The molecule has 4 aromatic carbocycles. The summed E-state index contributed by atoms with van der Waals surface area (Å²) in [5.41, 5.74) is 3.26. The van der Waals surface area contributed by atoms with Gasteiger partial charge in [-0.05, 0) is 67.1 Å². The van der Waals surface area contributed by atoms with Gasteiger partial charge in [0.05, 0.1) is 15.8 Å². The van der Waals surface area contributed by atoms with Gasteiger partial charge in [-0.25, -0.2) is 13.4 Å². The first-order valence-corrected chi connectivity index (χ1v) is 15.1. The van der Waals surface area contributed by atoms with Gasteiger partial charge in [0, 0.05) is 21.5 Å². The quantitative estimate of drug-likeness (QED) is 0.196. The standard InChI is InChI=1S/C29H25N3O3S3/c1-19-7-15-26(16-8-19)38(34,35)32-24-11-13-25(14-12-24)37-20(2)28(33)31-29-30-27(18-36-29)23-10-9-21-5-3-4-6-22(21)17-23/h3-18,20,32H,1-2H3,(H,30,31,33). The van der Waals surface area contributed by atoms with Gasteiger partial charge >= 0.3 is 0 Å². The Balaban J connectivity index is 1.19. The molecule has 5 aromatic rings. The molecule has 1 atom stereocenters. The third-order valence-corrected chi connectivity index (χ3v) is 9.17. The number of sulfonamides is 1. The molecule has 0 fully saturated rings. The van der Waals surface area contributed by atoms with Crippen LogP contribution >= 0.6 is 23.1 Å². The van der Waals surface area contributed by atoms with Crippen molar-refractivity contribution in [3.05, 3.63) is 102 Å². The number of rotatable bonds is 8. The van der Waals surface area contributed by atoms with E-state index in [4.69, 9.17) is 0 Å². The van der Waals surface area contributed by atoms with Crippen molar-refractivity contribution in [3.63, 3.8) is 0 Å². The molecule has 0 bridgehead atoms. The van der Waals surface area contributed by atoms with Gasteiger partial charge in [0.2, 0.25) is 5.91 Å². The van der Waals surface area contributed by atoms with Crippen molar-refractivity contribution in [1.29, 1.82) is 0 Å². The van der Waals surface area contributed by atoms with Crippen LogP contribution in [-0.4, -0.2) is 24.6 Å². The van der Waals surface area contributed by atoms with E-state index in [0.29, 0.717) is 10.8 Å². The maximum Gasteiger partial charge on any atom is 0.261 e. The van der Waals surface area contributed by atoms with Crippen LogP contribution in [0.1, 0.15) is 12.5 Å². The summed E-state index contributed by atoms with van der Waals surface area (Å²) in [4.78, 5) is 18.5. The zero-order chi connectivity index (χ0) is 26.7. The molecule has 0 saturated heterocycles. The highest BCUT2D eigenvalue weighted by atomic mass is 32.2. The fourth-order valence-electron chi connectivity index (χ4n) is 3.81. The van der Waals surface area contributed by atoms with E-state index in [1.165, 1.54) is 28.5 Å². The first kappa shape index (κ1) is 26.0. The van der Waals surface area contributed by atoms with Crippen LogP contribution in [0, 0.1) is 6.92 Å². The third-order valence-electron chi connectivity index (χ3n) is 5.90. The van der Waals surface area contributed by atoms with Gasteiger partial charge in [0.15, 0.2) is 5.13 Å². The number of thioether (sulfide) groups is 1. The van der Waals surface area contributed by atoms with Crippen molar-refractivity contribution < 1.29 is 13.2 Å². The number of nitrogens with one attached hydrogen (secondary N) is 2. The number of carbonyl (C=O) groups excluding carboxylic acids is 1. The number of amides is 1. The third kappa shape index (κ3) is 6.07. The zero-order valence-corrected chi connectivity index (χ0v) is 23.2. The lowest BCUT2D eigenvalue weighted by atomic mass is 10.1. The van der Waals surface area contributed by atoms with Gasteiger partial charge in [-0.3, -0.25) is 9.52 Å². The van der Waals surface area contributed by atoms with Crippen LogP contribution in [0.3, 0.4) is 0 Å². The Morgan fingerprint density at radius 1 is 0.921 bits per heavy atom. The smallest absolute Gasteiger partial charge is 0.261 e. The van der Waals surface area contributed by atoms with Crippen LogP contribution in [0.15, 0.2) is 106 Å². The number of aromatic nitrogens is 1. The minimum atomic E-state index is -3.67. The number of fused-ring (bicyclic) bond motifs is 1. The maximum atomic E-state index is 12.8. The summed E-state index contributed by atoms with van der Waals surface area (Å²) < 4.78 is 27.8. The highest BCUT2D eigenvalue weighted by molar-refractivity contribution is 8.00. The van der Waals surface area contributed by atoms with Crippen LogP contribution < -0.4 is 10.0 Å². The van der Waals surface area contributed by atoms with Crippen molar-refractivity contribution in [2.75, 3.05) is 10.0 Å². The van der Waals surface area contributed by atoms with Crippen LogP contribution in [0.4, 0.5) is 10.8 Å². The number of benzene rings is 4. The van der Waals surface area contributed by atoms with Crippen molar-refractivity contribution in [1.82, 2.24) is 4.98 Å². The number of nitrogens with zero attached hydrogens (tertiary/aromatic N) is 1. The van der Waals surface area contributed by atoms with E-state index in [1.54, 1.807) is 48.5 Å². The molecular weight excluding hydrogens is 535 g/mol. The summed E-state index contributed by atoms with van der Waals surface area (Å²) in [6.45, 7) is 3.73. The Kier molecular flexibility index (Phi) is 7.51. The van der Waals surface area contributed by atoms with Gasteiger partial charge in [-0.1, -0.05) is 54.1 Å². The van der Waals surface area contributed by atoms with E-state index in [2.05, 4.69) is 39.3 Å². The molecule has 1 heterocycles. The Morgan fingerprint density at radius 3 is 2.37 bits per heavy atom. The predicted molar refractivity (Wildman–Crippen MR) is 157 cm³/mol. The Bertz CT molecular complexity index is 1700. The SMILES string of the molecule is Cc1ccc(S(=O)(=O)Nc2ccc(SC(C)C(=O)Nc3nc(-c4ccc5ccccc5c4)cs3)cc2)cc1. The van der Waals surface area contributed by atoms with Crippen LogP contribution in [0.2, 0.25) is 0 Å². The summed E-state index contributed by atoms with van der Waals surface area (Å²) in [6.07, 6.45) is 0. The van der Waals surface area contributed by atoms with Crippen molar-refractivity contribution in [2.24, 2.45) is 0 Å². The Morgan fingerprint density at radius 2 is 1.63 bits per heavy atom.